The minimum absolute atomic E-state index is 0.164. The number of anilines is 1. The average Bonchev–Trinajstić information content (AvgIpc) is 3.31. The minimum Gasteiger partial charge on any atom is -0.326 e. The number of hydrogen-bond donors (Lipinski definition) is 2. The van der Waals surface area contributed by atoms with Gasteiger partial charge >= 0.3 is 5.76 Å². The lowest BCUT2D eigenvalue weighted by Gasteiger charge is -2.05. The van der Waals surface area contributed by atoms with Crippen molar-refractivity contribution in [3.63, 3.8) is 0 Å². The first-order valence-electron chi connectivity index (χ1n) is 8.69. The molecule has 4 aromatic rings. The van der Waals surface area contributed by atoms with Crippen molar-refractivity contribution < 1.29 is 9.32 Å². The number of benzene rings is 2. The van der Waals surface area contributed by atoms with Crippen molar-refractivity contribution in [1.82, 2.24) is 15.1 Å². The van der Waals surface area contributed by atoms with E-state index >= 15 is 0 Å². The van der Waals surface area contributed by atoms with E-state index in [9.17, 15) is 9.59 Å². The summed E-state index contributed by atoms with van der Waals surface area (Å²) in [7, 11) is 0. The van der Waals surface area contributed by atoms with E-state index in [1.165, 1.54) is 11.3 Å². The van der Waals surface area contributed by atoms with Gasteiger partial charge in [0.05, 0.1) is 17.1 Å². The molecule has 0 saturated carbocycles. The maximum atomic E-state index is 12.4. The van der Waals surface area contributed by atoms with Crippen molar-refractivity contribution in [3.05, 3.63) is 85.7 Å². The van der Waals surface area contributed by atoms with Crippen molar-refractivity contribution in [2.45, 2.75) is 12.8 Å². The van der Waals surface area contributed by atoms with E-state index < -0.39 is 5.76 Å². The van der Waals surface area contributed by atoms with Crippen LogP contribution in [0.4, 0.5) is 5.69 Å². The predicted octanol–water partition coefficient (Wildman–Crippen LogP) is 3.91. The maximum Gasteiger partial charge on any atom is 0.439 e. The molecule has 0 aliphatic carbocycles. The van der Waals surface area contributed by atoms with Gasteiger partial charge in [-0.15, -0.1) is 11.3 Å². The van der Waals surface area contributed by atoms with E-state index in [0.717, 1.165) is 10.6 Å². The molecular weight excluding hydrogens is 412 g/mol. The van der Waals surface area contributed by atoms with Crippen molar-refractivity contribution in [2.75, 3.05) is 5.32 Å². The SMILES string of the molecule is O=C(Cc1csc(Cc2cccc(Cl)c2)n1)Nc1cccc(-c2noc(=O)[nH]2)c1. The van der Waals surface area contributed by atoms with Gasteiger partial charge in [-0.2, -0.15) is 0 Å². The zero-order valence-electron chi connectivity index (χ0n) is 15.0. The summed E-state index contributed by atoms with van der Waals surface area (Å²) >= 11 is 7.53. The Bertz CT molecular complexity index is 1210. The summed E-state index contributed by atoms with van der Waals surface area (Å²) in [5, 5.41) is 9.97. The molecule has 4 rings (SSSR count). The average molecular weight is 427 g/mol. The number of H-pyrrole nitrogens is 1. The fourth-order valence-corrected chi connectivity index (χ4v) is 3.84. The molecule has 2 aromatic carbocycles. The number of carbonyl (C=O) groups excluding carboxylic acids is 1. The second kappa shape index (κ2) is 8.42. The van der Waals surface area contributed by atoms with Crippen LogP contribution in [0.5, 0.6) is 0 Å². The molecule has 2 N–H and O–H groups in total. The van der Waals surface area contributed by atoms with Gasteiger partial charge < -0.3 is 5.32 Å². The number of thiazole rings is 1. The smallest absolute Gasteiger partial charge is 0.326 e. The molecule has 29 heavy (non-hydrogen) atoms. The van der Waals surface area contributed by atoms with Crippen LogP contribution in [0.25, 0.3) is 11.4 Å². The van der Waals surface area contributed by atoms with Gasteiger partial charge in [-0.3, -0.25) is 14.3 Å². The van der Waals surface area contributed by atoms with Crippen molar-refractivity contribution in [3.8, 4) is 11.4 Å². The van der Waals surface area contributed by atoms with Crippen LogP contribution in [-0.2, 0) is 17.6 Å². The second-order valence-electron chi connectivity index (χ2n) is 6.29. The zero-order valence-corrected chi connectivity index (χ0v) is 16.6. The van der Waals surface area contributed by atoms with E-state index in [1.54, 1.807) is 24.3 Å². The number of halogens is 1. The van der Waals surface area contributed by atoms with Crippen LogP contribution >= 0.6 is 22.9 Å². The van der Waals surface area contributed by atoms with Crippen molar-refractivity contribution >= 4 is 34.5 Å². The molecule has 0 saturated heterocycles. The fourth-order valence-electron chi connectivity index (χ4n) is 2.80. The quantitative estimate of drug-likeness (QED) is 0.486. The Balaban J connectivity index is 1.39. The van der Waals surface area contributed by atoms with Crippen LogP contribution in [0.15, 0.2) is 63.2 Å². The highest BCUT2D eigenvalue weighted by Crippen LogP contribution is 2.20. The van der Waals surface area contributed by atoms with E-state index in [2.05, 4.69) is 25.0 Å². The molecule has 146 valence electrons. The largest absolute Gasteiger partial charge is 0.439 e. The molecule has 0 radical (unpaired) electrons. The third-order valence-electron chi connectivity index (χ3n) is 4.05. The Hall–Kier alpha value is -3.23. The Labute approximate surface area is 174 Å². The van der Waals surface area contributed by atoms with E-state index in [1.807, 2.05) is 29.6 Å². The first kappa shape index (κ1) is 19.1. The molecule has 0 aliphatic heterocycles. The van der Waals surface area contributed by atoms with Crippen molar-refractivity contribution in [2.24, 2.45) is 0 Å². The third kappa shape index (κ3) is 4.98. The summed E-state index contributed by atoms with van der Waals surface area (Å²) in [4.78, 5) is 30.5. The Morgan fingerprint density at radius 3 is 2.86 bits per heavy atom. The summed E-state index contributed by atoms with van der Waals surface area (Å²) in [6.45, 7) is 0. The van der Waals surface area contributed by atoms with Gasteiger partial charge in [-0.1, -0.05) is 41.0 Å². The summed E-state index contributed by atoms with van der Waals surface area (Å²) < 4.78 is 4.51. The number of aromatic amines is 1. The molecule has 1 amide bonds. The number of rotatable bonds is 6. The van der Waals surface area contributed by atoms with Gasteiger partial charge in [0.1, 0.15) is 0 Å². The topological polar surface area (TPSA) is 101 Å². The van der Waals surface area contributed by atoms with Crippen LogP contribution in [-0.4, -0.2) is 21.0 Å². The van der Waals surface area contributed by atoms with Crippen LogP contribution in [0, 0.1) is 0 Å². The Kier molecular flexibility index (Phi) is 5.55. The lowest BCUT2D eigenvalue weighted by molar-refractivity contribution is -0.115. The molecule has 2 heterocycles. The first-order chi connectivity index (χ1) is 14.0. The Morgan fingerprint density at radius 1 is 1.21 bits per heavy atom. The molecule has 7 nitrogen and oxygen atoms in total. The summed E-state index contributed by atoms with van der Waals surface area (Å²) in [5.41, 5.74) is 3.00. The number of nitrogens with zero attached hydrogens (tertiary/aromatic N) is 2. The fraction of sp³-hybridized carbons (Fsp3) is 0.100. The zero-order chi connectivity index (χ0) is 20.2. The third-order valence-corrected chi connectivity index (χ3v) is 5.18. The molecule has 0 fully saturated rings. The summed E-state index contributed by atoms with van der Waals surface area (Å²) in [5.74, 6) is -0.516. The van der Waals surface area contributed by atoms with E-state index in [0.29, 0.717) is 34.2 Å². The number of nitrogens with one attached hydrogen (secondary N) is 2. The van der Waals surface area contributed by atoms with Crippen LogP contribution in [0.2, 0.25) is 5.02 Å². The van der Waals surface area contributed by atoms with E-state index in [-0.39, 0.29) is 12.3 Å². The minimum atomic E-state index is -0.633. The normalized spacial score (nSPS) is 10.8. The molecule has 0 unspecified atom stereocenters. The highest BCUT2D eigenvalue weighted by atomic mass is 35.5. The number of hydrogen-bond acceptors (Lipinski definition) is 6. The monoisotopic (exact) mass is 426 g/mol. The molecule has 0 spiro atoms. The van der Waals surface area contributed by atoms with E-state index in [4.69, 9.17) is 11.6 Å². The molecule has 0 atom stereocenters. The Morgan fingerprint density at radius 2 is 2.07 bits per heavy atom. The van der Waals surface area contributed by atoms with Gasteiger partial charge in [0.25, 0.3) is 0 Å². The summed E-state index contributed by atoms with van der Waals surface area (Å²) in [6.07, 6.45) is 0.835. The van der Waals surface area contributed by atoms with Crippen LogP contribution < -0.4 is 11.1 Å². The second-order valence-corrected chi connectivity index (χ2v) is 7.67. The highest BCUT2D eigenvalue weighted by Gasteiger charge is 2.10. The molecule has 0 aliphatic rings. The van der Waals surface area contributed by atoms with Crippen LogP contribution in [0.1, 0.15) is 16.3 Å². The van der Waals surface area contributed by atoms with Gasteiger partial charge in [0, 0.05) is 28.1 Å². The van der Waals surface area contributed by atoms with Crippen molar-refractivity contribution in [1.29, 1.82) is 0 Å². The molecule has 2 aromatic heterocycles. The number of amides is 1. The van der Waals surface area contributed by atoms with Gasteiger partial charge in [-0.25, -0.2) is 9.78 Å². The molecule has 0 bridgehead atoms. The number of carbonyl (C=O) groups is 1. The lowest BCUT2D eigenvalue weighted by atomic mass is 10.1. The first-order valence-corrected chi connectivity index (χ1v) is 9.95. The summed E-state index contributed by atoms with van der Waals surface area (Å²) in [6, 6.07) is 14.6. The molecule has 9 heteroatoms. The highest BCUT2D eigenvalue weighted by molar-refractivity contribution is 7.09. The lowest BCUT2D eigenvalue weighted by Crippen LogP contribution is -2.14. The predicted molar refractivity (Wildman–Crippen MR) is 111 cm³/mol. The van der Waals surface area contributed by atoms with Crippen LogP contribution in [0.3, 0.4) is 0 Å². The maximum absolute atomic E-state index is 12.4. The number of aromatic nitrogens is 3. The molecular formula is C20H15ClN4O3S. The van der Waals surface area contributed by atoms with Gasteiger partial charge in [-0.05, 0) is 29.8 Å². The standard InChI is InChI=1S/C20H15ClN4O3S/c21-14-5-1-3-12(7-14)8-18-23-16(11-29-18)10-17(26)22-15-6-2-4-13(9-15)19-24-20(27)28-25-19/h1-7,9,11H,8,10H2,(H,22,26)(H,24,25,27). The van der Waals surface area contributed by atoms with Gasteiger partial charge in [0.15, 0.2) is 5.82 Å². The van der Waals surface area contributed by atoms with Gasteiger partial charge in [0.2, 0.25) is 5.91 Å².